The van der Waals surface area contributed by atoms with E-state index >= 15 is 0 Å². The van der Waals surface area contributed by atoms with Crippen LogP contribution in [-0.2, 0) is 6.18 Å². The minimum atomic E-state index is -4.77. The maximum Gasteiger partial charge on any atom is 0.419 e. The predicted octanol–water partition coefficient (Wildman–Crippen LogP) is 2.65. The Labute approximate surface area is 102 Å². The van der Waals surface area contributed by atoms with Gasteiger partial charge in [-0.15, -0.1) is 12.4 Å². The van der Waals surface area contributed by atoms with Crippen molar-refractivity contribution in [3.8, 4) is 0 Å². The van der Waals surface area contributed by atoms with Crippen LogP contribution in [0.3, 0.4) is 0 Å². The zero-order valence-electron chi connectivity index (χ0n) is 8.83. The van der Waals surface area contributed by atoms with E-state index in [1.165, 1.54) is 6.92 Å². The Morgan fingerprint density at radius 1 is 1.29 bits per heavy atom. The van der Waals surface area contributed by atoms with Crippen LogP contribution in [0.1, 0.15) is 24.1 Å². The van der Waals surface area contributed by atoms with Gasteiger partial charge in [0.1, 0.15) is 5.82 Å². The molecule has 2 nitrogen and oxygen atoms in total. The largest absolute Gasteiger partial charge is 0.419 e. The number of alkyl halides is 3. The lowest BCUT2D eigenvalue weighted by molar-refractivity contribution is -0.140. The number of aliphatic hydroxyl groups is 1. The molecule has 7 heteroatoms. The van der Waals surface area contributed by atoms with Crippen molar-refractivity contribution in [2.75, 3.05) is 0 Å². The highest BCUT2D eigenvalue weighted by Crippen LogP contribution is 2.33. The van der Waals surface area contributed by atoms with E-state index in [1.54, 1.807) is 0 Å². The zero-order valence-corrected chi connectivity index (χ0v) is 9.65. The van der Waals surface area contributed by atoms with Gasteiger partial charge in [0.25, 0.3) is 0 Å². The van der Waals surface area contributed by atoms with Crippen LogP contribution < -0.4 is 5.73 Å². The summed E-state index contributed by atoms with van der Waals surface area (Å²) in [6, 6.07) is 1.64. The van der Waals surface area contributed by atoms with Gasteiger partial charge in [-0.25, -0.2) is 4.39 Å². The van der Waals surface area contributed by atoms with Gasteiger partial charge in [-0.3, -0.25) is 0 Å². The lowest BCUT2D eigenvalue weighted by atomic mass is 10.00. The summed E-state index contributed by atoms with van der Waals surface area (Å²) in [4.78, 5) is 0. The molecule has 1 aromatic carbocycles. The van der Waals surface area contributed by atoms with E-state index in [2.05, 4.69) is 0 Å². The van der Waals surface area contributed by atoms with Crippen LogP contribution in [0.2, 0.25) is 0 Å². The van der Waals surface area contributed by atoms with E-state index < -0.39 is 29.7 Å². The molecule has 0 bridgehead atoms. The van der Waals surface area contributed by atoms with Crippen LogP contribution in [-0.4, -0.2) is 11.2 Å². The summed E-state index contributed by atoms with van der Waals surface area (Å²) >= 11 is 0. The molecule has 98 valence electrons. The molecule has 0 aliphatic heterocycles. The first kappa shape index (κ1) is 16.1. The summed E-state index contributed by atoms with van der Waals surface area (Å²) < 4.78 is 50.5. The second kappa shape index (κ2) is 5.66. The van der Waals surface area contributed by atoms with Gasteiger partial charge in [-0.1, -0.05) is 12.1 Å². The highest BCUT2D eigenvalue weighted by molar-refractivity contribution is 5.85. The van der Waals surface area contributed by atoms with E-state index in [0.29, 0.717) is 6.07 Å². The average molecular weight is 274 g/mol. The van der Waals surface area contributed by atoms with E-state index in [0.717, 1.165) is 12.1 Å². The standard InChI is InChI=1S/C10H11F4NO.ClH/c1-5(16)9(15)6-3-2-4-7(8(6)11)10(12,13)14;/h2-5,9,16H,15H2,1H3;1H/t5-,9-;/m0./s1. The van der Waals surface area contributed by atoms with Gasteiger partial charge >= 0.3 is 6.18 Å². The topological polar surface area (TPSA) is 46.2 Å². The third kappa shape index (κ3) is 3.55. The van der Waals surface area contributed by atoms with E-state index in [9.17, 15) is 17.6 Å². The quantitative estimate of drug-likeness (QED) is 0.814. The lowest BCUT2D eigenvalue weighted by Gasteiger charge is -2.18. The maximum absolute atomic E-state index is 13.5. The molecule has 3 N–H and O–H groups in total. The first-order valence-corrected chi connectivity index (χ1v) is 4.54. The average Bonchev–Trinajstić information content (AvgIpc) is 2.15. The molecule has 0 saturated carbocycles. The van der Waals surface area contributed by atoms with Crippen molar-refractivity contribution in [2.45, 2.75) is 25.2 Å². The van der Waals surface area contributed by atoms with E-state index in [4.69, 9.17) is 10.8 Å². The van der Waals surface area contributed by atoms with Crippen LogP contribution >= 0.6 is 12.4 Å². The molecule has 0 heterocycles. The van der Waals surface area contributed by atoms with Crippen LogP contribution in [0.15, 0.2) is 18.2 Å². The molecule has 17 heavy (non-hydrogen) atoms. The summed E-state index contributed by atoms with van der Waals surface area (Å²) in [7, 11) is 0. The van der Waals surface area contributed by atoms with Crippen molar-refractivity contribution in [1.82, 2.24) is 0 Å². The molecule has 0 amide bonds. The van der Waals surface area contributed by atoms with E-state index in [-0.39, 0.29) is 18.0 Å². The van der Waals surface area contributed by atoms with E-state index in [1.807, 2.05) is 0 Å². The highest BCUT2D eigenvalue weighted by Gasteiger charge is 2.35. The van der Waals surface area contributed by atoms with Gasteiger partial charge in [-0.2, -0.15) is 13.2 Å². The molecule has 1 rings (SSSR count). The van der Waals surface area contributed by atoms with Crippen LogP contribution in [0, 0.1) is 5.82 Å². The second-order valence-electron chi connectivity index (χ2n) is 3.47. The Hall–Kier alpha value is -0.850. The monoisotopic (exact) mass is 273 g/mol. The molecular weight excluding hydrogens is 262 g/mol. The number of hydrogen-bond donors (Lipinski definition) is 2. The normalized spacial score (nSPS) is 15.0. The number of benzene rings is 1. The molecule has 1 aromatic rings. The summed E-state index contributed by atoms with van der Waals surface area (Å²) in [5.74, 6) is -1.43. The summed E-state index contributed by atoms with van der Waals surface area (Å²) in [6.45, 7) is 1.28. The molecule has 0 radical (unpaired) electrons. The zero-order chi connectivity index (χ0) is 12.5. The fraction of sp³-hybridized carbons (Fsp3) is 0.400. The van der Waals surface area contributed by atoms with Gasteiger partial charge in [0.15, 0.2) is 0 Å². The third-order valence-corrected chi connectivity index (χ3v) is 2.21. The number of aliphatic hydroxyl groups excluding tert-OH is 1. The SMILES string of the molecule is C[C@H](O)[C@H](N)c1cccc(C(F)(F)F)c1F.Cl. The third-order valence-electron chi connectivity index (χ3n) is 2.21. The molecule has 0 spiro atoms. The Bertz CT molecular complexity index is 381. The molecule has 0 unspecified atom stereocenters. The first-order valence-electron chi connectivity index (χ1n) is 4.54. The van der Waals surface area contributed by atoms with Crippen molar-refractivity contribution >= 4 is 12.4 Å². The highest BCUT2D eigenvalue weighted by atomic mass is 35.5. The number of rotatable bonds is 2. The fourth-order valence-corrected chi connectivity index (χ4v) is 1.29. The van der Waals surface area contributed by atoms with Crippen LogP contribution in [0.5, 0.6) is 0 Å². The lowest BCUT2D eigenvalue weighted by Crippen LogP contribution is -2.25. The van der Waals surface area contributed by atoms with Crippen molar-refractivity contribution in [2.24, 2.45) is 5.73 Å². The molecule has 0 aromatic heterocycles. The van der Waals surface area contributed by atoms with Crippen molar-refractivity contribution < 1.29 is 22.7 Å². The molecular formula is C10H12ClF4NO. The Morgan fingerprint density at radius 3 is 2.24 bits per heavy atom. The minimum absolute atomic E-state index is 0. The maximum atomic E-state index is 13.5. The van der Waals surface area contributed by atoms with Crippen molar-refractivity contribution in [3.05, 3.63) is 35.1 Å². The van der Waals surface area contributed by atoms with Crippen LogP contribution in [0.4, 0.5) is 17.6 Å². The summed E-state index contributed by atoms with van der Waals surface area (Å²) in [5.41, 5.74) is 3.68. The number of hydrogen-bond acceptors (Lipinski definition) is 2. The minimum Gasteiger partial charge on any atom is -0.391 e. The molecule has 0 aliphatic carbocycles. The first-order chi connectivity index (χ1) is 7.25. The van der Waals surface area contributed by atoms with Crippen LogP contribution in [0.25, 0.3) is 0 Å². The van der Waals surface area contributed by atoms with Crippen molar-refractivity contribution in [1.29, 1.82) is 0 Å². The van der Waals surface area contributed by atoms with Crippen molar-refractivity contribution in [3.63, 3.8) is 0 Å². The number of nitrogens with two attached hydrogens (primary N) is 1. The number of halogens is 5. The molecule has 0 saturated heterocycles. The van der Waals surface area contributed by atoms with Gasteiger partial charge < -0.3 is 10.8 Å². The van der Waals surface area contributed by atoms with Gasteiger partial charge in [-0.05, 0) is 13.0 Å². The molecule has 0 aliphatic rings. The summed E-state index contributed by atoms with van der Waals surface area (Å²) in [5, 5.41) is 9.12. The Kier molecular flexibility index (Phi) is 5.38. The molecule has 2 atom stereocenters. The predicted molar refractivity (Wildman–Crippen MR) is 57.3 cm³/mol. The molecule has 0 fully saturated rings. The fourth-order valence-electron chi connectivity index (χ4n) is 1.29. The van der Waals surface area contributed by atoms with Gasteiger partial charge in [0.05, 0.1) is 17.7 Å². The Balaban J connectivity index is 0.00000256. The Morgan fingerprint density at radius 2 is 1.82 bits per heavy atom. The summed E-state index contributed by atoms with van der Waals surface area (Å²) in [6.07, 6.45) is -5.89. The smallest absolute Gasteiger partial charge is 0.391 e. The van der Waals surface area contributed by atoms with Gasteiger partial charge in [0, 0.05) is 5.56 Å². The van der Waals surface area contributed by atoms with Gasteiger partial charge in [0.2, 0.25) is 0 Å². The second-order valence-corrected chi connectivity index (χ2v) is 3.47.